The summed E-state index contributed by atoms with van der Waals surface area (Å²) in [7, 11) is 0. The zero-order valence-electron chi connectivity index (χ0n) is 10.5. The predicted octanol–water partition coefficient (Wildman–Crippen LogP) is 4.97. The van der Waals surface area contributed by atoms with Gasteiger partial charge in [0.05, 0.1) is 0 Å². The van der Waals surface area contributed by atoms with E-state index >= 15 is 0 Å². The van der Waals surface area contributed by atoms with Gasteiger partial charge in [0.25, 0.3) is 0 Å². The lowest BCUT2D eigenvalue weighted by Gasteiger charge is -2.00. The second-order valence-corrected chi connectivity index (χ2v) is 6.64. The van der Waals surface area contributed by atoms with E-state index < -0.39 is 0 Å². The Hall–Kier alpha value is -0.580. The molecule has 0 bridgehead atoms. The van der Waals surface area contributed by atoms with Crippen molar-refractivity contribution in [2.45, 2.75) is 31.8 Å². The third-order valence-electron chi connectivity index (χ3n) is 2.32. The quantitative estimate of drug-likeness (QED) is 0.337. The summed E-state index contributed by atoms with van der Waals surface area (Å²) in [6, 6.07) is 2.11. The minimum absolute atomic E-state index is 0.558. The van der Waals surface area contributed by atoms with Gasteiger partial charge in [-0.1, -0.05) is 48.9 Å². The highest BCUT2D eigenvalue weighted by Crippen LogP contribution is 2.31. The van der Waals surface area contributed by atoms with Crippen LogP contribution in [0.15, 0.2) is 23.4 Å². The lowest BCUT2D eigenvalue weighted by molar-refractivity contribution is 0.940. The first-order chi connectivity index (χ1) is 8.60. The molecular weight excluding hydrogens is 284 g/mol. The van der Waals surface area contributed by atoms with Gasteiger partial charge < -0.3 is 0 Å². The average Bonchev–Trinajstić information content (AvgIpc) is 2.70. The predicted molar refractivity (Wildman–Crippen MR) is 82.0 cm³/mol. The van der Waals surface area contributed by atoms with Crippen LogP contribution in [0.25, 0.3) is 10.2 Å². The van der Waals surface area contributed by atoms with E-state index in [1.54, 1.807) is 23.1 Å². The standard InChI is InChI=1S/C13H15ClN2S2/c1-4-5-9-6-10-11(14)15-13(16-12(10)18-9)17-7-8(2)3/h6H,2,4-5,7H2,1,3H3. The molecule has 2 nitrogen and oxygen atoms in total. The number of aromatic nitrogens is 2. The van der Waals surface area contributed by atoms with E-state index in [1.165, 1.54) is 4.88 Å². The lowest BCUT2D eigenvalue weighted by Crippen LogP contribution is -1.89. The number of fused-ring (bicyclic) bond motifs is 1. The summed E-state index contributed by atoms with van der Waals surface area (Å²) in [6.07, 6.45) is 2.21. The summed E-state index contributed by atoms with van der Waals surface area (Å²) < 4.78 is 0. The van der Waals surface area contributed by atoms with Crippen LogP contribution in [0.2, 0.25) is 5.15 Å². The third kappa shape index (κ3) is 3.25. The Morgan fingerprint density at radius 3 is 2.94 bits per heavy atom. The van der Waals surface area contributed by atoms with Gasteiger partial charge in [0.1, 0.15) is 9.98 Å². The molecule has 0 aliphatic carbocycles. The molecule has 0 aromatic carbocycles. The molecule has 0 unspecified atom stereocenters. The zero-order chi connectivity index (χ0) is 13.1. The molecule has 0 aliphatic rings. The van der Waals surface area contributed by atoms with Crippen LogP contribution in [-0.4, -0.2) is 15.7 Å². The van der Waals surface area contributed by atoms with Gasteiger partial charge >= 0.3 is 0 Å². The Bertz CT molecular complexity index is 578. The Labute approximate surface area is 120 Å². The van der Waals surface area contributed by atoms with Crippen molar-refractivity contribution in [1.29, 1.82) is 0 Å². The Kier molecular flexibility index (Phi) is 4.65. The first kappa shape index (κ1) is 13.8. The van der Waals surface area contributed by atoms with E-state index in [0.29, 0.717) is 5.15 Å². The monoisotopic (exact) mass is 298 g/mol. The average molecular weight is 299 g/mol. The molecule has 0 aliphatic heterocycles. The minimum atomic E-state index is 0.558. The molecule has 96 valence electrons. The SMILES string of the molecule is C=C(C)CSc1nc(Cl)c2cc(CCC)sc2n1. The van der Waals surface area contributed by atoms with Gasteiger partial charge in [-0.2, -0.15) is 0 Å². The van der Waals surface area contributed by atoms with Crippen LogP contribution in [0.1, 0.15) is 25.1 Å². The van der Waals surface area contributed by atoms with Crippen molar-refractivity contribution in [2.75, 3.05) is 5.75 Å². The highest BCUT2D eigenvalue weighted by molar-refractivity contribution is 7.99. The first-order valence-electron chi connectivity index (χ1n) is 5.83. The second kappa shape index (κ2) is 6.04. The molecule has 0 fully saturated rings. The van der Waals surface area contributed by atoms with Gasteiger partial charge in [-0.25, -0.2) is 9.97 Å². The fourth-order valence-electron chi connectivity index (χ4n) is 1.54. The summed E-state index contributed by atoms with van der Waals surface area (Å²) in [5.41, 5.74) is 1.11. The van der Waals surface area contributed by atoms with Crippen molar-refractivity contribution >= 4 is 44.9 Å². The van der Waals surface area contributed by atoms with E-state index in [4.69, 9.17) is 11.6 Å². The number of hydrogen-bond acceptors (Lipinski definition) is 4. The van der Waals surface area contributed by atoms with Gasteiger partial charge in [-0.15, -0.1) is 11.3 Å². The van der Waals surface area contributed by atoms with E-state index in [1.807, 2.05) is 6.92 Å². The Morgan fingerprint density at radius 2 is 2.28 bits per heavy atom. The highest BCUT2D eigenvalue weighted by atomic mass is 35.5. The second-order valence-electron chi connectivity index (χ2n) is 4.22. The van der Waals surface area contributed by atoms with Crippen LogP contribution in [-0.2, 0) is 6.42 Å². The fraction of sp³-hybridized carbons (Fsp3) is 0.385. The van der Waals surface area contributed by atoms with Crippen LogP contribution >= 0.6 is 34.7 Å². The van der Waals surface area contributed by atoms with Crippen molar-refractivity contribution < 1.29 is 0 Å². The zero-order valence-corrected chi connectivity index (χ0v) is 12.9. The van der Waals surface area contributed by atoms with Gasteiger partial charge in [0, 0.05) is 16.0 Å². The van der Waals surface area contributed by atoms with Crippen LogP contribution < -0.4 is 0 Å². The molecule has 2 heterocycles. The number of thiophene rings is 1. The van der Waals surface area contributed by atoms with Gasteiger partial charge in [0.2, 0.25) is 0 Å². The number of thioether (sulfide) groups is 1. The molecule has 0 radical (unpaired) electrons. The maximum Gasteiger partial charge on any atom is 0.190 e. The van der Waals surface area contributed by atoms with Gasteiger partial charge in [0.15, 0.2) is 5.16 Å². The Morgan fingerprint density at radius 1 is 1.50 bits per heavy atom. The summed E-state index contributed by atoms with van der Waals surface area (Å²) >= 11 is 9.50. The van der Waals surface area contributed by atoms with Crippen LogP contribution in [0, 0.1) is 0 Å². The van der Waals surface area contributed by atoms with E-state index in [0.717, 1.165) is 39.5 Å². The first-order valence-corrected chi connectivity index (χ1v) is 8.01. The summed E-state index contributed by atoms with van der Waals surface area (Å²) in [4.78, 5) is 11.2. The summed E-state index contributed by atoms with van der Waals surface area (Å²) in [6.45, 7) is 8.05. The van der Waals surface area contributed by atoms with Crippen molar-refractivity contribution in [3.8, 4) is 0 Å². The molecule has 0 saturated heterocycles. The maximum atomic E-state index is 6.21. The number of rotatable bonds is 5. The molecule has 0 saturated carbocycles. The fourth-order valence-corrected chi connectivity index (χ4v) is 3.74. The number of nitrogens with zero attached hydrogens (tertiary/aromatic N) is 2. The van der Waals surface area contributed by atoms with Crippen molar-refractivity contribution in [1.82, 2.24) is 9.97 Å². The van der Waals surface area contributed by atoms with Crippen LogP contribution in [0.4, 0.5) is 0 Å². The van der Waals surface area contributed by atoms with Crippen LogP contribution in [0.5, 0.6) is 0 Å². The Balaban J connectivity index is 2.32. The number of aryl methyl sites for hydroxylation is 1. The minimum Gasteiger partial charge on any atom is -0.211 e. The molecule has 18 heavy (non-hydrogen) atoms. The summed E-state index contributed by atoms with van der Waals surface area (Å²) in [5, 5.41) is 2.27. The maximum absolute atomic E-state index is 6.21. The van der Waals surface area contributed by atoms with Crippen LogP contribution in [0.3, 0.4) is 0 Å². The molecule has 2 aromatic heterocycles. The van der Waals surface area contributed by atoms with E-state index in [9.17, 15) is 0 Å². The largest absolute Gasteiger partial charge is 0.211 e. The highest BCUT2D eigenvalue weighted by Gasteiger charge is 2.10. The van der Waals surface area contributed by atoms with Crippen molar-refractivity contribution in [3.63, 3.8) is 0 Å². The lowest BCUT2D eigenvalue weighted by atomic mass is 10.3. The molecule has 0 atom stereocenters. The molecule has 0 N–H and O–H groups in total. The number of halogens is 1. The molecular formula is C13H15ClN2S2. The van der Waals surface area contributed by atoms with E-state index in [2.05, 4.69) is 29.5 Å². The molecule has 5 heteroatoms. The normalized spacial score (nSPS) is 11.1. The summed E-state index contributed by atoms with van der Waals surface area (Å²) in [5.74, 6) is 0.828. The third-order valence-corrected chi connectivity index (χ3v) is 4.78. The van der Waals surface area contributed by atoms with Crippen molar-refractivity contribution in [3.05, 3.63) is 28.2 Å². The topological polar surface area (TPSA) is 25.8 Å². The smallest absolute Gasteiger partial charge is 0.190 e. The molecule has 2 rings (SSSR count). The van der Waals surface area contributed by atoms with E-state index in [-0.39, 0.29) is 0 Å². The molecule has 0 amide bonds. The van der Waals surface area contributed by atoms with Gasteiger partial charge in [-0.3, -0.25) is 0 Å². The number of hydrogen-bond donors (Lipinski definition) is 0. The van der Waals surface area contributed by atoms with Crippen molar-refractivity contribution in [2.24, 2.45) is 0 Å². The molecule has 2 aromatic rings. The van der Waals surface area contributed by atoms with Gasteiger partial charge in [-0.05, 0) is 19.4 Å². The molecule has 0 spiro atoms.